The number of sulfonamides is 1. The second kappa shape index (κ2) is 9.30. The van der Waals surface area contributed by atoms with Crippen molar-refractivity contribution in [1.29, 1.82) is 0 Å². The number of amides is 1. The monoisotopic (exact) mass is 438 g/mol. The van der Waals surface area contributed by atoms with Crippen molar-refractivity contribution in [2.75, 3.05) is 6.54 Å². The number of rotatable bonds is 8. The normalized spacial score (nSPS) is 12.8. The van der Waals surface area contributed by atoms with Crippen molar-refractivity contribution in [2.24, 2.45) is 5.92 Å². The van der Waals surface area contributed by atoms with E-state index in [2.05, 4.69) is 26.0 Å². The van der Waals surface area contributed by atoms with Crippen LogP contribution in [0.4, 0.5) is 0 Å². The van der Waals surface area contributed by atoms with Gasteiger partial charge in [-0.25, -0.2) is 8.42 Å². The van der Waals surface area contributed by atoms with E-state index in [1.54, 1.807) is 12.1 Å². The number of hydrogen-bond acceptors (Lipinski definition) is 3. The van der Waals surface area contributed by atoms with Crippen LogP contribution in [0, 0.1) is 5.92 Å². The van der Waals surface area contributed by atoms with Gasteiger partial charge in [-0.3, -0.25) is 4.79 Å². The molecule has 0 spiro atoms. The lowest BCUT2D eigenvalue weighted by molar-refractivity contribution is -0.122. The summed E-state index contributed by atoms with van der Waals surface area (Å²) in [6.45, 7) is 4.46. The van der Waals surface area contributed by atoms with Crippen LogP contribution in [0.5, 0.6) is 0 Å². The molecule has 0 saturated carbocycles. The number of carbonyl (C=O) groups excluding carboxylic acids is 1. The van der Waals surface area contributed by atoms with Crippen LogP contribution < -0.4 is 10.0 Å². The Labute approximate surface area is 163 Å². The van der Waals surface area contributed by atoms with Crippen molar-refractivity contribution in [3.05, 3.63) is 64.6 Å². The number of nitrogens with one attached hydrogen (secondary N) is 2. The van der Waals surface area contributed by atoms with Crippen LogP contribution in [0.15, 0.2) is 64.0 Å². The predicted octanol–water partition coefficient (Wildman–Crippen LogP) is 3.11. The number of carbonyl (C=O) groups is 1. The van der Waals surface area contributed by atoms with E-state index < -0.39 is 16.1 Å². The minimum atomic E-state index is -3.81. The molecule has 0 aliphatic heterocycles. The molecule has 0 aromatic heterocycles. The van der Waals surface area contributed by atoms with Crippen LogP contribution in [-0.2, 0) is 21.2 Å². The van der Waals surface area contributed by atoms with Crippen LogP contribution in [-0.4, -0.2) is 26.9 Å². The van der Waals surface area contributed by atoms with Gasteiger partial charge in [-0.2, -0.15) is 4.72 Å². The topological polar surface area (TPSA) is 75.3 Å². The fourth-order valence-corrected chi connectivity index (χ4v) is 3.79. The van der Waals surface area contributed by atoms with Gasteiger partial charge < -0.3 is 5.32 Å². The van der Waals surface area contributed by atoms with E-state index in [1.807, 2.05) is 44.2 Å². The van der Waals surface area contributed by atoms with Crippen molar-refractivity contribution in [3.8, 4) is 0 Å². The zero-order valence-corrected chi connectivity index (χ0v) is 17.2. The largest absolute Gasteiger partial charge is 0.354 e. The van der Waals surface area contributed by atoms with Crippen molar-refractivity contribution < 1.29 is 13.2 Å². The Morgan fingerprint density at radius 2 is 1.65 bits per heavy atom. The van der Waals surface area contributed by atoms with Crippen LogP contribution in [0.3, 0.4) is 0 Å². The Bertz CT molecular complexity index is 822. The first-order chi connectivity index (χ1) is 12.3. The van der Waals surface area contributed by atoms with E-state index in [0.717, 1.165) is 10.0 Å². The predicted molar refractivity (Wildman–Crippen MR) is 106 cm³/mol. The maximum atomic E-state index is 12.7. The minimum Gasteiger partial charge on any atom is -0.354 e. The maximum Gasteiger partial charge on any atom is 0.241 e. The third-order valence-corrected chi connectivity index (χ3v) is 5.72. The second-order valence-corrected chi connectivity index (χ2v) is 9.09. The second-order valence-electron chi connectivity index (χ2n) is 6.46. The molecule has 26 heavy (non-hydrogen) atoms. The first kappa shape index (κ1) is 20.6. The highest BCUT2D eigenvalue weighted by atomic mass is 79.9. The summed E-state index contributed by atoms with van der Waals surface area (Å²) in [5.41, 5.74) is 0.885. The molecule has 0 aliphatic carbocycles. The summed E-state index contributed by atoms with van der Waals surface area (Å²) in [5.74, 6) is -0.0531. The van der Waals surface area contributed by atoms with Gasteiger partial charge in [0.25, 0.3) is 0 Å². The summed E-state index contributed by atoms with van der Waals surface area (Å²) >= 11 is 3.29. The molecule has 0 aliphatic rings. The highest BCUT2D eigenvalue weighted by Crippen LogP contribution is 2.15. The molecule has 0 heterocycles. The zero-order valence-electron chi connectivity index (χ0n) is 14.8. The summed E-state index contributed by atoms with van der Waals surface area (Å²) in [7, 11) is -3.81. The van der Waals surface area contributed by atoms with Crippen molar-refractivity contribution >= 4 is 31.9 Å². The summed E-state index contributed by atoms with van der Waals surface area (Å²) in [5, 5.41) is 2.81. The highest BCUT2D eigenvalue weighted by molar-refractivity contribution is 9.10. The van der Waals surface area contributed by atoms with Crippen molar-refractivity contribution in [3.63, 3.8) is 0 Å². The summed E-state index contributed by atoms with van der Waals surface area (Å²) in [6, 6.07) is 14.8. The lowest BCUT2D eigenvalue weighted by Gasteiger charge is -2.19. The van der Waals surface area contributed by atoms with E-state index in [0.29, 0.717) is 6.54 Å². The smallest absolute Gasteiger partial charge is 0.241 e. The first-order valence-electron chi connectivity index (χ1n) is 8.37. The first-order valence-corrected chi connectivity index (χ1v) is 10.6. The average Bonchev–Trinajstić information content (AvgIpc) is 2.60. The van der Waals surface area contributed by atoms with Gasteiger partial charge in [0.15, 0.2) is 0 Å². The van der Waals surface area contributed by atoms with Gasteiger partial charge in [-0.05, 0) is 42.2 Å². The van der Waals surface area contributed by atoms with Crippen LogP contribution in [0.25, 0.3) is 0 Å². The molecule has 7 heteroatoms. The van der Waals surface area contributed by atoms with E-state index in [1.165, 1.54) is 12.1 Å². The quantitative estimate of drug-likeness (QED) is 0.664. The Hall–Kier alpha value is -1.70. The van der Waals surface area contributed by atoms with E-state index in [4.69, 9.17) is 0 Å². The number of benzene rings is 2. The lowest BCUT2D eigenvalue weighted by Crippen LogP contribution is -2.48. The van der Waals surface area contributed by atoms with Gasteiger partial charge in [0.1, 0.15) is 6.04 Å². The van der Waals surface area contributed by atoms with E-state index in [-0.39, 0.29) is 23.1 Å². The van der Waals surface area contributed by atoms with Crippen LogP contribution in [0.2, 0.25) is 0 Å². The Kier molecular flexibility index (Phi) is 7.37. The maximum absolute atomic E-state index is 12.7. The Balaban J connectivity index is 2.21. The fraction of sp³-hybridized carbons (Fsp3) is 0.316. The minimum absolute atomic E-state index is 0.121. The Morgan fingerprint density at radius 1 is 1.04 bits per heavy atom. The standard InChI is InChI=1S/C19H23BrN2O3S/c1-14(2)13-21-19(23)18(12-15-6-4-3-5-7-15)22-26(24,25)17-10-8-16(20)9-11-17/h3-11,14,18,22H,12-13H2,1-2H3,(H,21,23)/t18-/m1/s1. The van der Waals surface area contributed by atoms with E-state index >= 15 is 0 Å². The molecule has 0 bridgehead atoms. The van der Waals surface area contributed by atoms with Crippen LogP contribution >= 0.6 is 15.9 Å². The molecule has 1 atom stereocenters. The molecule has 0 radical (unpaired) electrons. The molecule has 2 aromatic rings. The Morgan fingerprint density at radius 3 is 2.23 bits per heavy atom. The van der Waals surface area contributed by atoms with Gasteiger partial charge in [0, 0.05) is 11.0 Å². The molecule has 140 valence electrons. The van der Waals surface area contributed by atoms with Crippen LogP contribution in [0.1, 0.15) is 19.4 Å². The van der Waals surface area contributed by atoms with Gasteiger partial charge in [0.2, 0.25) is 15.9 Å². The van der Waals surface area contributed by atoms with E-state index in [9.17, 15) is 13.2 Å². The molecule has 2 rings (SSSR count). The molecular formula is C19H23BrN2O3S. The third-order valence-electron chi connectivity index (χ3n) is 3.71. The zero-order chi connectivity index (χ0) is 19.2. The molecule has 0 saturated heterocycles. The summed E-state index contributed by atoms with van der Waals surface area (Å²) in [4.78, 5) is 12.7. The highest BCUT2D eigenvalue weighted by Gasteiger charge is 2.26. The summed E-state index contributed by atoms with van der Waals surface area (Å²) < 4.78 is 28.7. The molecule has 2 aromatic carbocycles. The SMILES string of the molecule is CC(C)CNC(=O)[C@@H](Cc1ccccc1)NS(=O)(=O)c1ccc(Br)cc1. The molecule has 2 N–H and O–H groups in total. The number of hydrogen-bond donors (Lipinski definition) is 2. The van der Waals surface area contributed by atoms with Gasteiger partial charge in [-0.15, -0.1) is 0 Å². The third kappa shape index (κ3) is 6.23. The number of halogens is 1. The van der Waals surface area contributed by atoms with Gasteiger partial charge in [-0.1, -0.05) is 60.1 Å². The van der Waals surface area contributed by atoms with Crippen molar-refractivity contribution in [2.45, 2.75) is 31.2 Å². The fourth-order valence-electron chi connectivity index (χ4n) is 2.33. The van der Waals surface area contributed by atoms with Crippen molar-refractivity contribution in [1.82, 2.24) is 10.0 Å². The van der Waals surface area contributed by atoms with Gasteiger partial charge >= 0.3 is 0 Å². The molecule has 0 fully saturated rings. The molecule has 1 amide bonds. The van der Waals surface area contributed by atoms with Gasteiger partial charge in [0.05, 0.1) is 4.90 Å². The molecular weight excluding hydrogens is 416 g/mol. The summed E-state index contributed by atoms with van der Waals surface area (Å²) in [6.07, 6.45) is 0.278. The lowest BCUT2D eigenvalue weighted by atomic mass is 10.1. The average molecular weight is 439 g/mol. The molecule has 5 nitrogen and oxygen atoms in total. The molecule has 0 unspecified atom stereocenters.